The second-order valence-electron chi connectivity index (χ2n) is 7.66. The van der Waals surface area contributed by atoms with E-state index in [4.69, 9.17) is 14.2 Å². The predicted molar refractivity (Wildman–Crippen MR) is 122 cm³/mol. The average molecular weight is 456 g/mol. The summed E-state index contributed by atoms with van der Waals surface area (Å²) < 4.78 is 15.9. The number of carbonyl (C=O) groups is 3. The maximum Gasteiger partial charge on any atom is 0.313 e. The number of hydrogen-bond donors (Lipinski definition) is 2. The lowest BCUT2D eigenvalue weighted by Gasteiger charge is -2.32. The second-order valence-corrected chi connectivity index (χ2v) is 7.66. The Balaban J connectivity index is 1.38. The highest BCUT2D eigenvalue weighted by atomic mass is 16.5. The van der Waals surface area contributed by atoms with Gasteiger partial charge in [-0.25, -0.2) is 0 Å². The van der Waals surface area contributed by atoms with Crippen LogP contribution in [-0.2, 0) is 14.4 Å². The van der Waals surface area contributed by atoms with Gasteiger partial charge in [-0.3, -0.25) is 14.4 Å². The number of rotatable bonds is 8. The molecule has 2 N–H and O–H groups in total. The minimum atomic E-state index is -0.757. The molecule has 1 fully saturated rings. The molecule has 9 nitrogen and oxygen atoms in total. The van der Waals surface area contributed by atoms with Crippen molar-refractivity contribution in [1.82, 2.24) is 10.2 Å². The minimum absolute atomic E-state index is 0.00172. The Labute approximate surface area is 193 Å². The molecule has 176 valence electrons. The third-order valence-electron chi connectivity index (χ3n) is 5.47. The summed E-state index contributed by atoms with van der Waals surface area (Å²) in [7, 11) is 3.01. The molecule has 1 aliphatic rings. The molecule has 9 heteroatoms. The third kappa shape index (κ3) is 6.86. The molecule has 0 atom stereocenters. The molecule has 0 spiro atoms. The van der Waals surface area contributed by atoms with Crippen molar-refractivity contribution in [3.63, 3.8) is 0 Å². The summed E-state index contributed by atoms with van der Waals surface area (Å²) in [6, 6.07) is 14.1. The fourth-order valence-corrected chi connectivity index (χ4v) is 3.56. The molecule has 1 aliphatic heterocycles. The van der Waals surface area contributed by atoms with Gasteiger partial charge in [0.1, 0.15) is 5.75 Å². The summed E-state index contributed by atoms with van der Waals surface area (Å²) in [6.45, 7) is 1.56. The van der Waals surface area contributed by atoms with E-state index in [0.29, 0.717) is 42.6 Å². The van der Waals surface area contributed by atoms with Crippen LogP contribution < -0.4 is 24.8 Å². The van der Waals surface area contributed by atoms with Crippen LogP contribution in [0.5, 0.6) is 17.2 Å². The average Bonchev–Trinajstić information content (AvgIpc) is 2.86. The van der Waals surface area contributed by atoms with E-state index in [1.807, 2.05) is 30.3 Å². The number of hydrogen-bond acceptors (Lipinski definition) is 6. The number of nitrogens with zero attached hydrogens (tertiary/aromatic N) is 1. The van der Waals surface area contributed by atoms with E-state index in [-0.39, 0.29) is 18.4 Å². The number of ether oxygens (including phenoxy) is 3. The van der Waals surface area contributed by atoms with Crippen molar-refractivity contribution in [3.05, 3.63) is 48.5 Å². The van der Waals surface area contributed by atoms with Gasteiger partial charge >= 0.3 is 11.8 Å². The fraction of sp³-hybridized carbons (Fsp3) is 0.375. The number of carbonyl (C=O) groups excluding carboxylic acids is 3. The zero-order valence-electron chi connectivity index (χ0n) is 18.8. The summed E-state index contributed by atoms with van der Waals surface area (Å²) in [6.07, 6.45) is 1.49. The first-order chi connectivity index (χ1) is 16.0. The van der Waals surface area contributed by atoms with Crippen LogP contribution in [0.15, 0.2) is 48.5 Å². The molecule has 2 aromatic carbocycles. The van der Waals surface area contributed by atoms with Crippen molar-refractivity contribution in [2.24, 2.45) is 5.92 Å². The molecule has 0 aliphatic carbocycles. The van der Waals surface area contributed by atoms with Crippen molar-refractivity contribution in [2.75, 3.05) is 45.8 Å². The maximum atomic E-state index is 12.4. The number of likely N-dealkylation sites (tertiary alicyclic amines) is 1. The van der Waals surface area contributed by atoms with Crippen molar-refractivity contribution in [3.8, 4) is 17.2 Å². The molecule has 33 heavy (non-hydrogen) atoms. The summed E-state index contributed by atoms with van der Waals surface area (Å²) in [4.78, 5) is 38.5. The van der Waals surface area contributed by atoms with Crippen LogP contribution >= 0.6 is 0 Å². The first-order valence-corrected chi connectivity index (χ1v) is 10.8. The highest BCUT2D eigenvalue weighted by Crippen LogP contribution is 2.29. The molecular formula is C24H29N3O6. The second kappa shape index (κ2) is 11.8. The van der Waals surface area contributed by atoms with Crippen LogP contribution in [0.2, 0.25) is 0 Å². The summed E-state index contributed by atoms with van der Waals surface area (Å²) >= 11 is 0. The van der Waals surface area contributed by atoms with Gasteiger partial charge in [0.25, 0.3) is 5.91 Å². The first kappa shape index (κ1) is 23.9. The molecule has 0 saturated carbocycles. The molecule has 1 heterocycles. The number of piperidine rings is 1. The molecule has 1 saturated heterocycles. The van der Waals surface area contributed by atoms with Gasteiger partial charge in [0.05, 0.1) is 14.2 Å². The normalized spacial score (nSPS) is 13.7. The number of anilines is 1. The van der Waals surface area contributed by atoms with E-state index < -0.39 is 11.8 Å². The zero-order chi connectivity index (χ0) is 23.6. The first-order valence-electron chi connectivity index (χ1n) is 10.8. The van der Waals surface area contributed by atoms with Crippen LogP contribution in [0.3, 0.4) is 0 Å². The van der Waals surface area contributed by atoms with E-state index in [1.54, 1.807) is 23.1 Å². The number of methoxy groups -OCH3 is 2. The summed E-state index contributed by atoms with van der Waals surface area (Å²) in [5.41, 5.74) is 0.428. The number of nitrogens with one attached hydrogen (secondary N) is 2. The van der Waals surface area contributed by atoms with Gasteiger partial charge in [0, 0.05) is 31.4 Å². The predicted octanol–water partition coefficient (Wildman–Crippen LogP) is 2.08. The van der Waals surface area contributed by atoms with E-state index in [0.717, 1.165) is 12.8 Å². The Morgan fingerprint density at radius 2 is 1.64 bits per heavy atom. The van der Waals surface area contributed by atoms with Crippen molar-refractivity contribution in [1.29, 1.82) is 0 Å². The Morgan fingerprint density at radius 1 is 0.939 bits per heavy atom. The lowest BCUT2D eigenvalue weighted by atomic mass is 9.96. The van der Waals surface area contributed by atoms with Gasteiger partial charge in [0.15, 0.2) is 18.1 Å². The molecule has 0 aromatic heterocycles. The Hall–Kier alpha value is -3.75. The molecule has 0 bridgehead atoms. The monoisotopic (exact) mass is 455 g/mol. The van der Waals surface area contributed by atoms with Crippen LogP contribution in [0.1, 0.15) is 12.8 Å². The van der Waals surface area contributed by atoms with Crippen LogP contribution in [0.4, 0.5) is 5.69 Å². The number of para-hydroxylation sites is 1. The van der Waals surface area contributed by atoms with Crippen molar-refractivity contribution >= 4 is 23.4 Å². The van der Waals surface area contributed by atoms with Gasteiger partial charge < -0.3 is 29.7 Å². The molecule has 3 rings (SSSR count). The highest BCUT2D eigenvalue weighted by Gasteiger charge is 2.24. The van der Waals surface area contributed by atoms with Gasteiger partial charge in [-0.2, -0.15) is 0 Å². The Morgan fingerprint density at radius 3 is 2.30 bits per heavy atom. The highest BCUT2D eigenvalue weighted by molar-refractivity contribution is 6.39. The van der Waals surface area contributed by atoms with Crippen LogP contribution in [0.25, 0.3) is 0 Å². The van der Waals surface area contributed by atoms with E-state index in [9.17, 15) is 14.4 Å². The SMILES string of the molecule is COc1ccc(NC(=O)C(=O)NCC2CCN(C(=O)COc3ccccc3)CC2)cc1OC. The molecule has 0 radical (unpaired) electrons. The maximum absolute atomic E-state index is 12.4. The fourth-order valence-electron chi connectivity index (χ4n) is 3.56. The van der Waals surface area contributed by atoms with Crippen LogP contribution in [0, 0.1) is 5.92 Å². The van der Waals surface area contributed by atoms with E-state index >= 15 is 0 Å². The third-order valence-corrected chi connectivity index (χ3v) is 5.47. The Bertz CT molecular complexity index is 958. The topological polar surface area (TPSA) is 106 Å². The number of amides is 3. The minimum Gasteiger partial charge on any atom is -0.493 e. The van der Waals surface area contributed by atoms with Gasteiger partial charge in [-0.05, 0) is 43.0 Å². The zero-order valence-corrected chi connectivity index (χ0v) is 18.8. The van der Waals surface area contributed by atoms with Crippen molar-refractivity contribution in [2.45, 2.75) is 12.8 Å². The lowest BCUT2D eigenvalue weighted by molar-refractivity contribution is -0.136. The molecule has 3 amide bonds. The summed E-state index contributed by atoms with van der Waals surface area (Å²) in [5.74, 6) is 0.308. The molecular weight excluding hydrogens is 426 g/mol. The standard InChI is InChI=1S/C24H29N3O6/c1-31-20-9-8-18(14-21(20)32-2)26-24(30)23(29)25-15-17-10-12-27(13-11-17)22(28)16-33-19-6-4-3-5-7-19/h3-9,14,17H,10-13,15-16H2,1-2H3,(H,25,29)(H,26,30). The van der Waals surface area contributed by atoms with Crippen LogP contribution in [-0.4, -0.2) is 63.1 Å². The van der Waals surface area contributed by atoms with E-state index in [2.05, 4.69) is 10.6 Å². The van der Waals surface area contributed by atoms with Gasteiger partial charge in [-0.15, -0.1) is 0 Å². The molecule has 2 aromatic rings. The lowest BCUT2D eigenvalue weighted by Crippen LogP contribution is -2.44. The van der Waals surface area contributed by atoms with Crippen molar-refractivity contribution < 1.29 is 28.6 Å². The van der Waals surface area contributed by atoms with E-state index in [1.165, 1.54) is 14.2 Å². The van der Waals surface area contributed by atoms with Gasteiger partial charge in [-0.1, -0.05) is 18.2 Å². The smallest absolute Gasteiger partial charge is 0.313 e. The van der Waals surface area contributed by atoms with Gasteiger partial charge in [0.2, 0.25) is 0 Å². The molecule has 0 unspecified atom stereocenters. The Kier molecular flexibility index (Phi) is 8.51. The largest absolute Gasteiger partial charge is 0.493 e. The number of benzene rings is 2. The quantitative estimate of drug-likeness (QED) is 0.591. The summed E-state index contributed by atoms with van der Waals surface area (Å²) in [5, 5.41) is 5.23.